The minimum absolute atomic E-state index is 0.696. The predicted molar refractivity (Wildman–Crippen MR) is 54.9 cm³/mol. The molecule has 0 aliphatic carbocycles. The summed E-state index contributed by atoms with van der Waals surface area (Å²) in [5, 5.41) is 0. The third-order valence-corrected chi connectivity index (χ3v) is 3.61. The van der Waals surface area contributed by atoms with Gasteiger partial charge in [0, 0.05) is 19.2 Å². The highest BCUT2D eigenvalue weighted by Gasteiger charge is 2.25. The molecule has 0 fully saturated rings. The molecule has 4 heteroatoms. The molecule has 0 aromatic rings. The van der Waals surface area contributed by atoms with Gasteiger partial charge in [0.2, 0.25) is 0 Å². The van der Waals surface area contributed by atoms with Gasteiger partial charge in [0.1, 0.15) is 11.5 Å². The Hall–Kier alpha value is -0.530. The van der Waals surface area contributed by atoms with E-state index in [1.54, 1.807) is 0 Å². The van der Waals surface area contributed by atoms with Crippen LogP contribution in [0, 0.1) is 0 Å². The maximum atomic E-state index is 5.57. The second-order valence-electron chi connectivity index (χ2n) is 2.78. The quantitative estimate of drug-likeness (QED) is 0.655. The molecule has 1 unspecified atom stereocenters. The van der Waals surface area contributed by atoms with Gasteiger partial charge in [-0.05, 0) is 6.92 Å². The van der Waals surface area contributed by atoms with Crippen molar-refractivity contribution in [2.24, 2.45) is 0 Å². The van der Waals surface area contributed by atoms with Gasteiger partial charge in [0.05, 0.1) is 0 Å². The molecule has 1 heterocycles. The summed E-state index contributed by atoms with van der Waals surface area (Å²) in [6.45, 7) is 11.8. The van der Waals surface area contributed by atoms with E-state index < -0.39 is 8.53 Å². The summed E-state index contributed by atoms with van der Waals surface area (Å²) in [6.07, 6.45) is 1.81. The highest BCUT2D eigenvalue weighted by molar-refractivity contribution is 7.44. The summed E-state index contributed by atoms with van der Waals surface area (Å²) in [4.78, 5) is 0. The van der Waals surface area contributed by atoms with Crippen LogP contribution in [-0.4, -0.2) is 17.8 Å². The first-order chi connectivity index (χ1) is 6.17. The summed E-state index contributed by atoms with van der Waals surface area (Å²) in [6, 6.07) is 0. The van der Waals surface area contributed by atoms with Crippen LogP contribution in [0.1, 0.15) is 20.8 Å². The van der Waals surface area contributed by atoms with E-state index in [2.05, 4.69) is 25.1 Å². The van der Waals surface area contributed by atoms with Crippen LogP contribution in [0.4, 0.5) is 0 Å². The third kappa shape index (κ3) is 2.71. The fraction of sp³-hybridized carbons (Fsp3) is 0.556. The summed E-state index contributed by atoms with van der Waals surface area (Å²) in [5.74, 6) is 1.58. The van der Waals surface area contributed by atoms with Crippen LogP contribution in [0.2, 0.25) is 0 Å². The minimum atomic E-state index is -0.949. The van der Waals surface area contributed by atoms with Crippen LogP contribution in [0.15, 0.2) is 24.2 Å². The molecule has 0 aromatic carbocycles. The molecule has 1 rings (SSSR count). The maximum absolute atomic E-state index is 5.57. The van der Waals surface area contributed by atoms with E-state index in [4.69, 9.17) is 9.05 Å². The van der Waals surface area contributed by atoms with Crippen molar-refractivity contribution >= 4 is 8.53 Å². The predicted octanol–water partition coefficient (Wildman–Crippen LogP) is 3.02. The van der Waals surface area contributed by atoms with Gasteiger partial charge in [0.15, 0.2) is 0 Å². The van der Waals surface area contributed by atoms with Crippen molar-refractivity contribution in [3.8, 4) is 0 Å². The van der Waals surface area contributed by atoms with Crippen molar-refractivity contribution in [1.82, 2.24) is 4.67 Å². The van der Waals surface area contributed by atoms with Gasteiger partial charge >= 0.3 is 8.53 Å². The molecule has 3 nitrogen and oxygen atoms in total. The van der Waals surface area contributed by atoms with E-state index >= 15 is 0 Å². The Labute approximate surface area is 81.0 Å². The van der Waals surface area contributed by atoms with Crippen molar-refractivity contribution in [3.05, 3.63) is 24.2 Å². The van der Waals surface area contributed by atoms with Gasteiger partial charge < -0.3 is 9.05 Å². The lowest BCUT2D eigenvalue weighted by Gasteiger charge is -2.30. The summed E-state index contributed by atoms with van der Waals surface area (Å²) in [7, 11) is -0.949. The molecule has 1 aliphatic rings. The molecular weight excluding hydrogens is 185 g/mol. The Morgan fingerprint density at radius 2 is 2.00 bits per heavy atom. The second-order valence-corrected chi connectivity index (χ2v) is 4.19. The van der Waals surface area contributed by atoms with Crippen LogP contribution in [0.25, 0.3) is 0 Å². The smallest absolute Gasteiger partial charge is 0.384 e. The van der Waals surface area contributed by atoms with Gasteiger partial charge in [0.25, 0.3) is 0 Å². The molecule has 0 bridgehead atoms. The largest absolute Gasteiger partial charge is 0.432 e. The molecule has 0 aromatic heterocycles. The molecule has 13 heavy (non-hydrogen) atoms. The Morgan fingerprint density at radius 3 is 2.46 bits per heavy atom. The highest BCUT2D eigenvalue weighted by Crippen LogP contribution is 2.49. The zero-order chi connectivity index (χ0) is 9.84. The fourth-order valence-corrected chi connectivity index (χ4v) is 2.37. The minimum Gasteiger partial charge on any atom is -0.432 e. The van der Waals surface area contributed by atoms with Crippen LogP contribution < -0.4 is 0 Å². The van der Waals surface area contributed by atoms with Crippen molar-refractivity contribution in [1.29, 1.82) is 0 Å². The van der Waals surface area contributed by atoms with Crippen molar-refractivity contribution in [3.63, 3.8) is 0 Å². The van der Waals surface area contributed by atoms with Gasteiger partial charge in [-0.1, -0.05) is 20.4 Å². The molecule has 0 spiro atoms. The zero-order valence-electron chi connectivity index (χ0n) is 8.41. The van der Waals surface area contributed by atoms with Crippen LogP contribution in [-0.2, 0) is 9.05 Å². The average Bonchev–Trinajstić information content (AvgIpc) is 2.04. The maximum Gasteiger partial charge on any atom is 0.384 e. The van der Waals surface area contributed by atoms with Crippen molar-refractivity contribution < 1.29 is 9.05 Å². The molecule has 0 saturated carbocycles. The average molecular weight is 201 g/mol. The van der Waals surface area contributed by atoms with E-state index in [-0.39, 0.29) is 0 Å². The van der Waals surface area contributed by atoms with Crippen LogP contribution in [0.5, 0.6) is 0 Å². The highest BCUT2D eigenvalue weighted by atomic mass is 31.2. The first-order valence-electron chi connectivity index (χ1n) is 4.45. The molecule has 74 valence electrons. The second kappa shape index (κ2) is 4.64. The Balaban J connectivity index is 2.63. The van der Waals surface area contributed by atoms with Crippen LogP contribution >= 0.6 is 8.53 Å². The number of hydrogen-bond acceptors (Lipinski definition) is 3. The van der Waals surface area contributed by atoms with Gasteiger partial charge in [-0.2, -0.15) is 0 Å². The lowest BCUT2D eigenvalue weighted by atomic mass is 10.4. The van der Waals surface area contributed by atoms with E-state index in [0.29, 0.717) is 5.76 Å². The topological polar surface area (TPSA) is 21.7 Å². The number of nitrogens with zero attached hydrogens (tertiary/aromatic N) is 1. The number of hydrogen-bond donors (Lipinski definition) is 0. The normalized spacial score (nSPS) is 22.3. The number of rotatable bonds is 3. The van der Waals surface area contributed by atoms with E-state index in [1.807, 2.05) is 13.0 Å². The first kappa shape index (κ1) is 10.6. The standard InChI is InChI=1S/C9H16NO2P/c1-5-10(6-2)13-11-8(3)7-9(4)12-13/h7H,3,5-6H2,1-2,4H3. The summed E-state index contributed by atoms with van der Waals surface area (Å²) in [5.41, 5.74) is 0. The van der Waals surface area contributed by atoms with Crippen molar-refractivity contribution in [2.75, 3.05) is 13.1 Å². The third-order valence-electron chi connectivity index (χ3n) is 1.74. The van der Waals surface area contributed by atoms with E-state index in [1.165, 1.54) is 0 Å². The molecule has 0 radical (unpaired) electrons. The van der Waals surface area contributed by atoms with E-state index in [9.17, 15) is 0 Å². The Morgan fingerprint density at radius 1 is 1.38 bits per heavy atom. The molecule has 0 saturated heterocycles. The number of allylic oxidation sites excluding steroid dienone is 2. The summed E-state index contributed by atoms with van der Waals surface area (Å²) < 4.78 is 13.2. The molecular formula is C9H16NO2P. The Kier molecular flexibility index (Phi) is 3.76. The summed E-state index contributed by atoms with van der Waals surface area (Å²) >= 11 is 0. The molecule has 1 atom stereocenters. The van der Waals surface area contributed by atoms with Gasteiger partial charge in [-0.15, -0.1) is 0 Å². The monoisotopic (exact) mass is 201 g/mol. The Bertz CT molecular complexity index is 224. The lowest BCUT2D eigenvalue weighted by Crippen LogP contribution is -2.20. The van der Waals surface area contributed by atoms with E-state index in [0.717, 1.165) is 18.8 Å². The zero-order valence-corrected chi connectivity index (χ0v) is 9.30. The molecule has 0 amide bonds. The van der Waals surface area contributed by atoms with Crippen LogP contribution in [0.3, 0.4) is 0 Å². The molecule has 1 aliphatic heterocycles. The molecule has 0 N–H and O–H groups in total. The first-order valence-corrected chi connectivity index (χ1v) is 5.58. The van der Waals surface area contributed by atoms with Gasteiger partial charge in [-0.25, -0.2) is 4.67 Å². The lowest BCUT2D eigenvalue weighted by molar-refractivity contribution is 0.277. The SMILES string of the molecule is C=C1C=C(C)OP(N(CC)CC)O1. The van der Waals surface area contributed by atoms with Gasteiger partial charge in [-0.3, -0.25) is 0 Å². The van der Waals surface area contributed by atoms with Crippen molar-refractivity contribution in [2.45, 2.75) is 20.8 Å². The fourth-order valence-electron chi connectivity index (χ4n) is 1.09.